The lowest BCUT2D eigenvalue weighted by molar-refractivity contribution is 0.142. The van der Waals surface area contributed by atoms with Gasteiger partial charge in [-0.15, -0.1) is 4.94 Å². The van der Waals surface area contributed by atoms with Gasteiger partial charge in [-0.3, -0.25) is 4.57 Å². The van der Waals surface area contributed by atoms with E-state index in [4.69, 9.17) is 9.92 Å². The van der Waals surface area contributed by atoms with Crippen molar-refractivity contribution >= 4 is 38.9 Å². The normalized spacial score (nSPS) is 13.2. The number of hydroxylamine groups is 1. The zero-order valence-corrected chi connectivity index (χ0v) is 25.9. The summed E-state index contributed by atoms with van der Waals surface area (Å²) in [5.41, 5.74) is 11.1. The van der Waals surface area contributed by atoms with Crippen molar-refractivity contribution in [2.24, 2.45) is 0 Å². The largest absolute Gasteiger partial charge is 0.294 e. The van der Waals surface area contributed by atoms with Crippen molar-refractivity contribution in [1.82, 2.24) is 9.55 Å². The molecular formula is C40H34N4O. The summed E-state index contributed by atoms with van der Waals surface area (Å²) >= 11 is 0. The number of fused-ring (bicyclic) bond motifs is 4. The van der Waals surface area contributed by atoms with Gasteiger partial charge in [0.25, 0.3) is 0 Å². The van der Waals surface area contributed by atoms with Crippen LogP contribution in [0, 0.1) is 6.92 Å². The van der Waals surface area contributed by atoms with Crippen molar-refractivity contribution < 1.29 is 4.94 Å². The molecule has 0 atom stereocenters. The Kier molecular flexibility index (Phi) is 6.26. The molecule has 0 unspecified atom stereocenters. The molecule has 0 saturated carbocycles. The Morgan fingerprint density at radius 2 is 1.38 bits per heavy atom. The first-order valence-electron chi connectivity index (χ1n) is 15.4. The van der Waals surface area contributed by atoms with E-state index >= 15 is 0 Å². The predicted octanol–water partition coefficient (Wildman–Crippen LogP) is 9.91. The Labute approximate surface area is 263 Å². The highest BCUT2D eigenvalue weighted by molar-refractivity contribution is 6.09. The van der Waals surface area contributed by atoms with E-state index in [1.807, 2.05) is 35.5 Å². The molecular weight excluding hydrogens is 552 g/mol. The maximum atomic E-state index is 6.15. The van der Waals surface area contributed by atoms with Gasteiger partial charge in [0.1, 0.15) is 5.82 Å². The number of aryl methyl sites for hydroxylation is 1. The fraction of sp³-hybridized carbons (Fsp3) is 0.125. The van der Waals surface area contributed by atoms with Crippen molar-refractivity contribution in [1.29, 1.82) is 0 Å². The molecule has 5 heteroatoms. The third-order valence-corrected chi connectivity index (χ3v) is 9.27. The highest BCUT2D eigenvalue weighted by atomic mass is 16.8. The van der Waals surface area contributed by atoms with Gasteiger partial charge in [-0.1, -0.05) is 92.7 Å². The zero-order chi connectivity index (χ0) is 30.7. The van der Waals surface area contributed by atoms with Crippen LogP contribution in [0.1, 0.15) is 30.5 Å². The molecule has 45 heavy (non-hydrogen) atoms. The van der Waals surface area contributed by atoms with Gasteiger partial charge in [-0.05, 0) is 83.3 Å². The van der Waals surface area contributed by atoms with E-state index in [0.29, 0.717) is 0 Å². The molecule has 0 saturated heterocycles. The van der Waals surface area contributed by atoms with Crippen molar-refractivity contribution in [2.45, 2.75) is 26.2 Å². The van der Waals surface area contributed by atoms with Crippen molar-refractivity contribution in [3.05, 3.63) is 150 Å². The van der Waals surface area contributed by atoms with Crippen molar-refractivity contribution in [3.63, 3.8) is 0 Å². The molecule has 5 nitrogen and oxygen atoms in total. The minimum atomic E-state index is -0.285. The van der Waals surface area contributed by atoms with E-state index in [0.717, 1.165) is 39.5 Å². The Hall–Kier alpha value is -5.39. The topological polar surface area (TPSA) is 33.5 Å². The van der Waals surface area contributed by atoms with E-state index in [-0.39, 0.29) is 5.41 Å². The predicted molar refractivity (Wildman–Crippen MR) is 185 cm³/mol. The van der Waals surface area contributed by atoms with Crippen LogP contribution in [-0.4, -0.2) is 16.6 Å². The van der Waals surface area contributed by atoms with Crippen molar-refractivity contribution in [3.8, 4) is 16.9 Å². The Morgan fingerprint density at radius 3 is 2.24 bits per heavy atom. The number of nitrogens with zero attached hydrogens (tertiary/aromatic N) is 4. The SMILES string of the molecule is Cc1ccccc1-c1ccnc(-n2c3ccccc3c3ccc(C(C)(C)c4cccc(N5ON(C)c6ccccc65)c4)cc32)c1. The third-order valence-electron chi connectivity index (χ3n) is 9.27. The highest BCUT2D eigenvalue weighted by Gasteiger charge is 2.29. The number of hydrogen-bond donors (Lipinski definition) is 0. The first kappa shape index (κ1) is 27.2. The molecule has 3 heterocycles. The van der Waals surface area contributed by atoms with Crippen LogP contribution in [0.15, 0.2) is 134 Å². The average Bonchev–Trinajstić information content (AvgIpc) is 3.59. The zero-order valence-electron chi connectivity index (χ0n) is 25.9. The van der Waals surface area contributed by atoms with Gasteiger partial charge in [-0.2, -0.15) is 5.06 Å². The number of rotatable bonds is 5. The van der Waals surface area contributed by atoms with Crippen LogP contribution in [0.25, 0.3) is 38.8 Å². The summed E-state index contributed by atoms with van der Waals surface area (Å²) in [5, 5.41) is 6.15. The van der Waals surface area contributed by atoms with E-state index in [9.17, 15) is 0 Å². The molecule has 8 rings (SSSR count). The monoisotopic (exact) mass is 586 g/mol. The smallest absolute Gasteiger partial charge is 0.138 e. The van der Waals surface area contributed by atoms with E-state index in [1.54, 1.807) is 0 Å². The second-order valence-electron chi connectivity index (χ2n) is 12.3. The average molecular weight is 587 g/mol. The Morgan fingerprint density at radius 1 is 0.644 bits per heavy atom. The van der Waals surface area contributed by atoms with Crippen LogP contribution in [0.5, 0.6) is 0 Å². The van der Waals surface area contributed by atoms with Gasteiger partial charge < -0.3 is 0 Å². The van der Waals surface area contributed by atoms with Gasteiger partial charge in [-0.25, -0.2) is 10.0 Å². The molecule has 1 aliphatic heterocycles. The molecule has 5 aromatic carbocycles. The van der Waals surface area contributed by atoms with Crippen LogP contribution < -0.4 is 10.1 Å². The molecule has 1 aliphatic rings. The number of hydrogen-bond acceptors (Lipinski definition) is 4. The molecule has 2 aromatic heterocycles. The fourth-order valence-corrected chi connectivity index (χ4v) is 6.70. The maximum Gasteiger partial charge on any atom is 0.138 e. The summed E-state index contributed by atoms with van der Waals surface area (Å²) < 4.78 is 2.31. The van der Waals surface area contributed by atoms with Crippen LogP contribution in [0.3, 0.4) is 0 Å². The maximum absolute atomic E-state index is 6.15. The summed E-state index contributed by atoms with van der Waals surface area (Å²) in [7, 11) is 1.94. The first-order valence-corrected chi connectivity index (χ1v) is 15.4. The number of aromatic nitrogens is 2. The second kappa shape index (κ2) is 10.4. The van der Waals surface area contributed by atoms with Crippen LogP contribution >= 0.6 is 0 Å². The van der Waals surface area contributed by atoms with Gasteiger partial charge in [0.2, 0.25) is 0 Å². The lowest BCUT2D eigenvalue weighted by Crippen LogP contribution is -2.22. The standard InChI is InChI=1S/C40H34N4O/c1-27-12-5-6-15-32(27)28-22-23-41-39(24-28)43-35-17-8-7-16-33(35)34-21-20-30(26-38(34)43)40(2,3)29-13-11-14-31(25-29)44-37-19-10-9-18-36(37)42(4)45-44/h5-26H,1-4H3. The van der Waals surface area contributed by atoms with Crippen LogP contribution in [0.2, 0.25) is 0 Å². The highest BCUT2D eigenvalue weighted by Crippen LogP contribution is 2.43. The molecule has 0 bridgehead atoms. The number of para-hydroxylation sites is 3. The summed E-state index contributed by atoms with van der Waals surface area (Å²) in [6.07, 6.45) is 1.92. The van der Waals surface area contributed by atoms with Crippen LogP contribution in [-0.2, 0) is 10.4 Å². The molecule has 7 aromatic rings. The summed E-state index contributed by atoms with van der Waals surface area (Å²) in [4.78, 5) is 11.1. The molecule has 0 radical (unpaired) electrons. The minimum Gasteiger partial charge on any atom is -0.294 e. The molecule has 0 fully saturated rings. The fourth-order valence-electron chi connectivity index (χ4n) is 6.70. The van der Waals surface area contributed by atoms with Crippen molar-refractivity contribution in [2.75, 3.05) is 17.2 Å². The summed E-state index contributed by atoms with van der Waals surface area (Å²) in [6.45, 7) is 6.75. The van der Waals surface area contributed by atoms with Gasteiger partial charge in [0.05, 0.1) is 28.1 Å². The molecule has 0 aliphatic carbocycles. The molecule has 0 N–H and O–H groups in total. The number of benzene rings is 5. The molecule has 0 spiro atoms. The third kappa shape index (κ3) is 4.39. The first-order chi connectivity index (χ1) is 21.9. The summed E-state index contributed by atoms with van der Waals surface area (Å²) in [5.74, 6) is 0.910. The Balaban J connectivity index is 1.25. The lowest BCUT2D eigenvalue weighted by Gasteiger charge is -2.28. The molecule has 0 amide bonds. The number of anilines is 3. The number of pyridine rings is 1. The quantitative estimate of drug-likeness (QED) is 0.201. The van der Waals surface area contributed by atoms with Crippen LogP contribution in [0.4, 0.5) is 17.1 Å². The lowest BCUT2D eigenvalue weighted by atomic mass is 9.77. The van der Waals surface area contributed by atoms with E-state index in [1.165, 1.54) is 33.0 Å². The van der Waals surface area contributed by atoms with Gasteiger partial charge in [0.15, 0.2) is 0 Å². The summed E-state index contributed by atoms with van der Waals surface area (Å²) in [6, 6.07) is 45.2. The van der Waals surface area contributed by atoms with E-state index in [2.05, 4.69) is 141 Å². The minimum absolute atomic E-state index is 0.285. The molecule has 220 valence electrons. The second-order valence-corrected chi connectivity index (χ2v) is 12.3. The van der Waals surface area contributed by atoms with Gasteiger partial charge >= 0.3 is 0 Å². The Bertz CT molecular complexity index is 2230. The van der Waals surface area contributed by atoms with Gasteiger partial charge in [0, 0.05) is 29.4 Å². The van der Waals surface area contributed by atoms with E-state index < -0.39 is 0 Å².